The molecule has 0 unspecified atom stereocenters. The van der Waals surface area contributed by atoms with Crippen molar-refractivity contribution in [2.45, 2.75) is 38.5 Å². The van der Waals surface area contributed by atoms with Crippen LogP contribution in [0.25, 0.3) is 0 Å². The van der Waals surface area contributed by atoms with Crippen LogP contribution < -0.4 is 34.3 Å². The largest absolute Gasteiger partial charge is 1.00 e. The minimum atomic E-state index is -4.07. The Bertz CT molecular complexity index is 577. The number of benzene rings is 1. The van der Waals surface area contributed by atoms with Crippen LogP contribution in [0.2, 0.25) is 5.02 Å². The van der Waals surface area contributed by atoms with Gasteiger partial charge in [-0.1, -0.05) is 37.3 Å². The summed E-state index contributed by atoms with van der Waals surface area (Å²) in [6.07, 6.45) is 5.63. The predicted molar refractivity (Wildman–Crippen MR) is 84.6 cm³/mol. The van der Waals surface area contributed by atoms with Gasteiger partial charge in [-0.2, -0.15) is 0 Å². The van der Waals surface area contributed by atoms with Gasteiger partial charge in [0.2, 0.25) is 0 Å². The summed E-state index contributed by atoms with van der Waals surface area (Å²) in [7, 11) is -4.07. The van der Waals surface area contributed by atoms with Crippen molar-refractivity contribution >= 4 is 28.0 Å². The van der Waals surface area contributed by atoms with E-state index in [2.05, 4.69) is 0 Å². The minimum absolute atomic E-state index is 0. The van der Waals surface area contributed by atoms with Crippen molar-refractivity contribution < 1.29 is 52.1 Å². The molecule has 8 heteroatoms. The molecule has 0 heterocycles. The van der Waals surface area contributed by atoms with Gasteiger partial charge in [-0.3, -0.25) is 4.79 Å². The van der Waals surface area contributed by atoms with Gasteiger partial charge in [0.25, 0.3) is 0 Å². The number of rotatable bonds is 11. The summed E-state index contributed by atoms with van der Waals surface area (Å²) >= 11 is 5.98. The van der Waals surface area contributed by atoms with Crippen LogP contribution in [0.1, 0.15) is 48.9 Å². The van der Waals surface area contributed by atoms with Gasteiger partial charge in [0.15, 0.2) is 0 Å². The number of aldehydes is 1. The second-order valence-electron chi connectivity index (χ2n) is 5.04. The van der Waals surface area contributed by atoms with E-state index in [1.807, 2.05) is 0 Å². The molecule has 1 rings (SSSR count). The summed E-state index contributed by atoms with van der Waals surface area (Å²) in [4.78, 5) is 10.6. The Balaban J connectivity index is 0.00000484. The Morgan fingerprint density at radius 3 is 2.26 bits per heavy atom. The topological polar surface area (TPSA) is 83.5 Å². The number of carbonyl (C=O) groups excluding carboxylic acids is 1. The molecule has 0 bridgehead atoms. The van der Waals surface area contributed by atoms with Crippen LogP contribution in [0.3, 0.4) is 0 Å². The zero-order chi connectivity index (χ0) is 16.4. The second kappa shape index (κ2) is 12.3. The average molecular weight is 371 g/mol. The molecule has 5 nitrogen and oxygen atoms in total. The molecule has 0 aliphatic rings. The summed E-state index contributed by atoms with van der Waals surface area (Å²) in [5.41, 5.74) is 0.512. The summed E-state index contributed by atoms with van der Waals surface area (Å²) in [6, 6.07) is 4.89. The molecule has 1 aromatic carbocycles. The van der Waals surface area contributed by atoms with Crippen molar-refractivity contribution in [2.24, 2.45) is 0 Å². The van der Waals surface area contributed by atoms with Gasteiger partial charge >= 0.3 is 29.6 Å². The maximum Gasteiger partial charge on any atom is 1.00 e. The Morgan fingerprint density at radius 1 is 1.09 bits per heavy atom. The molecule has 23 heavy (non-hydrogen) atoms. The van der Waals surface area contributed by atoms with E-state index in [4.69, 9.17) is 16.3 Å². The Morgan fingerprint density at radius 2 is 1.70 bits per heavy atom. The molecule has 124 valence electrons. The van der Waals surface area contributed by atoms with Gasteiger partial charge < -0.3 is 9.29 Å². The molecule has 0 aliphatic heterocycles. The van der Waals surface area contributed by atoms with Gasteiger partial charge in [-0.25, -0.2) is 8.42 Å². The summed E-state index contributed by atoms with van der Waals surface area (Å²) < 4.78 is 36.8. The van der Waals surface area contributed by atoms with E-state index < -0.39 is 10.1 Å². The van der Waals surface area contributed by atoms with Crippen LogP contribution >= 0.6 is 11.6 Å². The third-order valence-electron chi connectivity index (χ3n) is 3.14. The number of ether oxygens (including phenoxy) is 1. The smallest absolute Gasteiger partial charge is 0.748 e. The molecule has 1 aromatic rings. The molecular weight excluding hydrogens is 351 g/mol. The third-order valence-corrected chi connectivity index (χ3v) is 4.22. The maximum absolute atomic E-state index is 10.6. The molecule has 0 spiro atoms. The van der Waals surface area contributed by atoms with E-state index in [0.29, 0.717) is 29.4 Å². The van der Waals surface area contributed by atoms with E-state index in [0.717, 1.165) is 38.4 Å². The number of halogens is 1. The van der Waals surface area contributed by atoms with Gasteiger partial charge in [0, 0.05) is 11.3 Å². The van der Waals surface area contributed by atoms with E-state index in [1.165, 1.54) is 0 Å². The molecule has 0 saturated carbocycles. The molecule has 0 N–H and O–H groups in total. The fourth-order valence-corrected chi connectivity index (χ4v) is 2.78. The zero-order valence-electron chi connectivity index (χ0n) is 13.3. The monoisotopic (exact) mass is 370 g/mol. The van der Waals surface area contributed by atoms with Crippen LogP contribution in [-0.4, -0.2) is 31.6 Å². The predicted octanol–water partition coefficient (Wildman–Crippen LogP) is 0.421. The normalized spacial score (nSPS) is 10.9. The van der Waals surface area contributed by atoms with E-state index in [1.54, 1.807) is 18.2 Å². The minimum Gasteiger partial charge on any atom is -0.748 e. The molecule has 0 fully saturated rings. The maximum atomic E-state index is 10.6. The number of hydrogen-bond acceptors (Lipinski definition) is 5. The SMILES string of the molecule is O=Cc1ccc(OCCCCCCCCS(=O)(=O)[O-])c(Cl)c1.[Na+]. The summed E-state index contributed by atoms with van der Waals surface area (Å²) in [6.45, 7) is 0.537. The average Bonchev–Trinajstić information content (AvgIpc) is 2.45. The van der Waals surface area contributed by atoms with E-state index >= 15 is 0 Å². The van der Waals surface area contributed by atoms with Crippen molar-refractivity contribution in [3.05, 3.63) is 28.8 Å². The molecule has 0 aromatic heterocycles. The van der Waals surface area contributed by atoms with Crippen LogP contribution in [0.5, 0.6) is 5.75 Å². The summed E-state index contributed by atoms with van der Waals surface area (Å²) in [5, 5.41) is 0.420. The molecule has 0 amide bonds. The fourth-order valence-electron chi connectivity index (χ4n) is 1.98. The van der Waals surface area contributed by atoms with Gasteiger partial charge in [-0.15, -0.1) is 0 Å². The number of hydrogen-bond donors (Lipinski definition) is 0. The first-order valence-corrected chi connectivity index (χ1v) is 9.19. The van der Waals surface area contributed by atoms with Crippen LogP contribution in [-0.2, 0) is 10.1 Å². The zero-order valence-corrected chi connectivity index (χ0v) is 16.9. The number of unbranched alkanes of at least 4 members (excludes halogenated alkanes) is 5. The molecule has 0 radical (unpaired) electrons. The first kappa shape index (κ1) is 22.9. The van der Waals surface area contributed by atoms with Gasteiger partial charge in [0.05, 0.1) is 21.7 Å². The fraction of sp³-hybridized carbons (Fsp3) is 0.533. The second-order valence-corrected chi connectivity index (χ2v) is 6.97. The quantitative estimate of drug-likeness (QED) is 0.244. The Kier molecular flexibility index (Phi) is 12.2. The molecule has 0 aliphatic carbocycles. The van der Waals surface area contributed by atoms with E-state index in [-0.39, 0.29) is 35.3 Å². The first-order valence-electron chi connectivity index (χ1n) is 7.23. The van der Waals surface area contributed by atoms with Crippen LogP contribution in [0.4, 0.5) is 0 Å². The number of carbonyl (C=O) groups is 1. The van der Waals surface area contributed by atoms with Gasteiger partial charge in [0.1, 0.15) is 12.0 Å². The van der Waals surface area contributed by atoms with Crippen molar-refractivity contribution in [3.8, 4) is 5.75 Å². The Labute approximate surface area is 164 Å². The molecule has 0 saturated heterocycles. The molecular formula is C15H20ClNaO5S. The van der Waals surface area contributed by atoms with Gasteiger partial charge in [-0.05, 0) is 31.0 Å². The summed E-state index contributed by atoms with van der Waals surface area (Å²) in [5.74, 6) is 0.290. The van der Waals surface area contributed by atoms with Crippen LogP contribution in [0.15, 0.2) is 18.2 Å². The van der Waals surface area contributed by atoms with Crippen molar-refractivity contribution in [2.75, 3.05) is 12.4 Å². The van der Waals surface area contributed by atoms with Crippen molar-refractivity contribution in [1.29, 1.82) is 0 Å². The standard InChI is InChI=1S/C15H21ClO5S.Na/c16-14-11-13(12-17)7-8-15(14)21-9-5-3-1-2-4-6-10-22(18,19)20;/h7-8,11-12H,1-6,9-10H2,(H,18,19,20);/q;+1/p-1. The molecule has 0 atom stereocenters. The van der Waals surface area contributed by atoms with Crippen molar-refractivity contribution in [1.82, 2.24) is 0 Å². The third kappa shape index (κ3) is 11.1. The van der Waals surface area contributed by atoms with Crippen LogP contribution in [0, 0.1) is 0 Å². The van der Waals surface area contributed by atoms with E-state index in [9.17, 15) is 17.8 Å². The Hall–Kier alpha value is -0.110. The van der Waals surface area contributed by atoms with Crippen molar-refractivity contribution in [3.63, 3.8) is 0 Å². The first-order chi connectivity index (χ1) is 10.4.